The summed E-state index contributed by atoms with van der Waals surface area (Å²) in [4.78, 5) is 29.0. The molecule has 4 heteroatoms. The van der Waals surface area contributed by atoms with Crippen LogP contribution < -0.4 is 5.32 Å². The van der Waals surface area contributed by atoms with Gasteiger partial charge in [-0.05, 0) is 43.9 Å². The second-order valence-corrected chi connectivity index (χ2v) is 9.20. The van der Waals surface area contributed by atoms with E-state index < -0.39 is 6.04 Å². The maximum absolute atomic E-state index is 13.7. The van der Waals surface area contributed by atoms with E-state index in [1.54, 1.807) is 4.90 Å². The predicted molar refractivity (Wildman–Crippen MR) is 138 cm³/mol. The lowest BCUT2D eigenvalue weighted by Gasteiger charge is -2.32. The molecule has 0 aliphatic heterocycles. The molecule has 34 heavy (non-hydrogen) atoms. The molecule has 2 atom stereocenters. The third kappa shape index (κ3) is 7.31. The molecule has 0 bridgehead atoms. The molecular formula is C30H36N2O2. The fourth-order valence-electron chi connectivity index (χ4n) is 3.98. The molecule has 0 saturated heterocycles. The molecule has 0 aliphatic carbocycles. The molecule has 0 heterocycles. The Morgan fingerprint density at radius 2 is 1.50 bits per heavy atom. The zero-order valence-corrected chi connectivity index (χ0v) is 20.8. The number of hydrogen-bond acceptors (Lipinski definition) is 2. The summed E-state index contributed by atoms with van der Waals surface area (Å²) in [6.45, 7) is 8.50. The number of carbonyl (C=O) groups is 2. The Kier molecular flexibility index (Phi) is 9.03. The fraction of sp³-hybridized carbons (Fsp3) is 0.333. The first-order valence-electron chi connectivity index (χ1n) is 12.1. The van der Waals surface area contributed by atoms with Crippen LogP contribution in [0.2, 0.25) is 0 Å². The molecule has 1 N–H and O–H groups in total. The van der Waals surface area contributed by atoms with Crippen LogP contribution in [0.4, 0.5) is 0 Å². The highest BCUT2D eigenvalue weighted by Gasteiger charge is 2.31. The molecule has 4 nitrogen and oxygen atoms in total. The third-order valence-electron chi connectivity index (χ3n) is 6.18. The lowest BCUT2D eigenvalue weighted by Crippen LogP contribution is -2.52. The number of amides is 2. The van der Waals surface area contributed by atoms with Crippen LogP contribution in [-0.2, 0) is 29.0 Å². The van der Waals surface area contributed by atoms with Gasteiger partial charge in [0, 0.05) is 19.0 Å². The summed E-state index contributed by atoms with van der Waals surface area (Å²) in [5.74, 6) is -0.159. The number of rotatable bonds is 10. The minimum absolute atomic E-state index is 0.0405. The van der Waals surface area contributed by atoms with Crippen molar-refractivity contribution in [2.75, 3.05) is 0 Å². The number of nitrogens with one attached hydrogen (secondary N) is 1. The van der Waals surface area contributed by atoms with Gasteiger partial charge in [0.05, 0.1) is 6.42 Å². The predicted octanol–water partition coefficient (Wildman–Crippen LogP) is 5.40. The Balaban J connectivity index is 1.96. The second kappa shape index (κ2) is 12.2. The van der Waals surface area contributed by atoms with Crippen LogP contribution in [0.5, 0.6) is 0 Å². The van der Waals surface area contributed by atoms with Gasteiger partial charge in [-0.3, -0.25) is 9.59 Å². The minimum Gasteiger partial charge on any atom is -0.352 e. The largest absolute Gasteiger partial charge is 0.352 e. The lowest BCUT2D eigenvalue weighted by molar-refractivity contribution is -0.141. The molecule has 2 amide bonds. The van der Waals surface area contributed by atoms with E-state index in [2.05, 4.69) is 11.4 Å². The van der Waals surface area contributed by atoms with Crippen LogP contribution >= 0.6 is 0 Å². The number of aryl methyl sites for hydroxylation is 2. The monoisotopic (exact) mass is 456 g/mol. The first kappa shape index (κ1) is 25.2. The van der Waals surface area contributed by atoms with E-state index in [-0.39, 0.29) is 24.3 Å². The standard InChI is InChI=1S/C30H36N2O2/c1-5-24(4)31-30(34)28(19-25-11-7-6-8-12-25)32(21-27-13-9-10-23(3)18-27)29(33)20-26-16-14-22(2)15-17-26/h6-18,24,28H,5,19-21H2,1-4H3,(H,31,34)/t24-,28+/m1/s1. The van der Waals surface area contributed by atoms with Crippen molar-refractivity contribution in [1.82, 2.24) is 10.2 Å². The molecule has 0 fully saturated rings. The van der Waals surface area contributed by atoms with Crippen molar-refractivity contribution < 1.29 is 9.59 Å². The Morgan fingerprint density at radius 3 is 2.15 bits per heavy atom. The number of nitrogens with zero attached hydrogens (tertiary/aromatic N) is 1. The first-order chi connectivity index (χ1) is 16.4. The molecule has 0 unspecified atom stereocenters. The fourth-order valence-corrected chi connectivity index (χ4v) is 3.98. The normalized spacial score (nSPS) is 12.6. The van der Waals surface area contributed by atoms with E-state index in [0.717, 1.165) is 34.2 Å². The smallest absolute Gasteiger partial charge is 0.243 e. The molecule has 0 aliphatic rings. The van der Waals surface area contributed by atoms with Crippen LogP contribution in [0.3, 0.4) is 0 Å². The van der Waals surface area contributed by atoms with Gasteiger partial charge in [0.15, 0.2) is 0 Å². The second-order valence-electron chi connectivity index (χ2n) is 9.20. The number of hydrogen-bond donors (Lipinski definition) is 1. The van der Waals surface area contributed by atoms with Gasteiger partial charge >= 0.3 is 0 Å². The molecule has 0 radical (unpaired) electrons. The quantitative estimate of drug-likeness (QED) is 0.444. The molecule has 178 valence electrons. The summed E-state index contributed by atoms with van der Waals surface area (Å²) in [7, 11) is 0. The Hall–Kier alpha value is -3.40. The van der Waals surface area contributed by atoms with Gasteiger partial charge in [-0.1, -0.05) is 96.9 Å². The summed E-state index contributed by atoms with van der Waals surface area (Å²) >= 11 is 0. The van der Waals surface area contributed by atoms with Gasteiger partial charge in [0.25, 0.3) is 0 Å². The van der Waals surface area contributed by atoms with Gasteiger partial charge in [0.1, 0.15) is 6.04 Å². The van der Waals surface area contributed by atoms with E-state index in [1.165, 1.54) is 0 Å². The molecule has 3 rings (SSSR count). The van der Waals surface area contributed by atoms with E-state index >= 15 is 0 Å². The average Bonchev–Trinajstić information content (AvgIpc) is 2.83. The van der Waals surface area contributed by atoms with Crippen molar-refractivity contribution in [3.63, 3.8) is 0 Å². The Morgan fingerprint density at radius 1 is 0.824 bits per heavy atom. The van der Waals surface area contributed by atoms with Crippen LogP contribution in [-0.4, -0.2) is 28.8 Å². The summed E-state index contributed by atoms with van der Waals surface area (Å²) in [6, 6.07) is 25.5. The van der Waals surface area contributed by atoms with Gasteiger partial charge in [-0.15, -0.1) is 0 Å². The van der Waals surface area contributed by atoms with Crippen LogP contribution in [0.25, 0.3) is 0 Å². The lowest BCUT2D eigenvalue weighted by atomic mass is 10.0. The zero-order valence-electron chi connectivity index (χ0n) is 20.8. The van der Waals surface area contributed by atoms with E-state index in [0.29, 0.717) is 13.0 Å². The average molecular weight is 457 g/mol. The highest BCUT2D eigenvalue weighted by molar-refractivity contribution is 5.89. The number of carbonyl (C=O) groups excluding carboxylic acids is 2. The SMILES string of the molecule is CC[C@@H](C)NC(=O)[C@H](Cc1ccccc1)N(Cc1cccc(C)c1)C(=O)Cc1ccc(C)cc1. The zero-order chi connectivity index (χ0) is 24.5. The molecule has 3 aromatic carbocycles. The number of benzene rings is 3. The highest BCUT2D eigenvalue weighted by atomic mass is 16.2. The van der Waals surface area contributed by atoms with E-state index in [9.17, 15) is 9.59 Å². The van der Waals surface area contributed by atoms with E-state index in [1.807, 2.05) is 100 Å². The van der Waals surface area contributed by atoms with Crippen LogP contribution in [0.15, 0.2) is 78.9 Å². The minimum atomic E-state index is -0.602. The van der Waals surface area contributed by atoms with Crippen molar-refractivity contribution >= 4 is 11.8 Å². The van der Waals surface area contributed by atoms with Gasteiger partial charge in [-0.2, -0.15) is 0 Å². The molecule has 0 spiro atoms. The van der Waals surface area contributed by atoms with Crippen LogP contribution in [0, 0.1) is 13.8 Å². The first-order valence-corrected chi connectivity index (χ1v) is 12.1. The highest BCUT2D eigenvalue weighted by Crippen LogP contribution is 2.18. The van der Waals surface area contributed by atoms with Crippen LogP contribution in [0.1, 0.15) is 48.1 Å². The topological polar surface area (TPSA) is 49.4 Å². The van der Waals surface area contributed by atoms with Crippen molar-refractivity contribution in [3.8, 4) is 0 Å². The summed E-state index contributed by atoms with van der Waals surface area (Å²) in [5, 5.41) is 3.12. The van der Waals surface area contributed by atoms with Crippen molar-refractivity contribution in [2.45, 2.75) is 65.6 Å². The Bertz CT molecular complexity index is 1080. The third-order valence-corrected chi connectivity index (χ3v) is 6.18. The van der Waals surface area contributed by atoms with Gasteiger partial charge in [-0.25, -0.2) is 0 Å². The van der Waals surface area contributed by atoms with Crippen molar-refractivity contribution in [2.24, 2.45) is 0 Å². The maximum atomic E-state index is 13.7. The molecule has 0 aromatic heterocycles. The summed E-state index contributed by atoms with van der Waals surface area (Å²) < 4.78 is 0. The van der Waals surface area contributed by atoms with Gasteiger partial charge < -0.3 is 10.2 Å². The van der Waals surface area contributed by atoms with Crippen molar-refractivity contribution in [3.05, 3.63) is 107 Å². The molecular weight excluding hydrogens is 420 g/mol. The summed E-state index contributed by atoms with van der Waals surface area (Å²) in [6.07, 6.45) is 1.56. The maximum Gasteiger partial charge on any atom is 0.243 e. The summed E-state index contributed by atoms with van der Waals surface area (Å²) in [5.41, 5.74) is 5.29. The molecule has 3 aromatic rings. The molecule has 0 saturated carbocycles. The van der Waals surface area contributed by atoms with Gasteiger partial charge in [0.2, 0.25) is 11.8 Å². The van der Waals surface area contributed by atoms with Crippen molar-refractivity contribution in [1.29, 1.82) is 0 Å². The van der Waals surface area contributed by atoms with E-state index in [4.69, 9.17) is 0 Å². The Labute approximate surface area is 204 Å².